The molecule has 12 heavy (non-hydrogen) atoms. The lowest BCUT2D eigenvalue weighted by Crippen LogP contribution is -2.17. The van der Waals surface area contributed by atoms with Crippen LogP contribution in [0.4, 0.5) is 0 Å². The summed E-state index contributed by atoms with van der Waals surface area (Å²) < 4.78 is 0. The highest BCUT2D eigenvalue weighted by Gasteiger charge is 1.96. The van der Waals surface area contributed by atoms with Gasteiger partial charge in [-0.3, -0.25) is 0 Å². The van der Waals surface area contributed by atoms with Crippen LogP contribution in [0.5, 0.6) is 0 Å². The summed E-state index contributed by atoms with van der Waals surface area (Å²) in [7, 11) is 0. The van der Waals surface area contributed by atoms with E-state index in [-0.39, 0.29) is 6.04 Å². The van der Waals surface area contributed by atoms with Crippen LogP contribution in [0.1, 0.15) is 18.1 Å². The Morgan fingerprint density at radius 2 is 2.00 bits per heavy atom. The van der Waals surface area contributed by atoms with Crippen LogP contribution in [0.15, 0.2) is 24.3 Å². The van der Waals surface area contributed by atoms with Gasteiger partial charge in [-0.1, -0.05) is 12.1 Å². The molecule has 0 radical (unpaired) electrons. The molecule has 1 atom stereocenters. The van der Waals surface area contributed by atoms with Crippen LogP contribution in [-0.4, -0.2) is 6.04 Å². The molecule has 2 nitrogen and oxygen atoms in total. The highest BCUT2D eigenvalue weighted by atomic mass is 14.6. The second-order valence-electron chi connectivity index (χ2n) is 2.99. The molecule has 2 heteroatoms. The number of nitrogens with two attached hydrogens (primary N) is 1. The minimum atomic E-state index is 0.179. The van der Waals surface area contributed by atoms with E-state index < -0.39 is 0 Å². The minimum absolute atomic E-state index is 0.179. The van der Waals surface area contributed by atoms with E-state index >= 15 is 0 Å². The Balaban J connectivity index is 2.73. The van der Waals surface area contributed by atoms with E-state index in [9.17, 15) is 0 Å². The zero-order valence-corrected chi connectivity index (χ0v) is 7.12. The Labute approximate surface area is 72.6 Å². The first-order valence-electron chi connectivity index (χ1n) is 3.97. The number of hydrogen-bond acceptors (Lipinski definition) is 2. The normalized spacial score (nSPS) is 12.1. The fraction of sp³-hybridized carbons (Fsp3) is 0.300. The van der Waals surface area contributed by atoms with Gasteiger partial charge in [-0.05, 0) is 31.0 Å². The quantitative estimate of drug-likeness (QED) is 0.711. The van der Waals surface area contributed by atoms with E-state index in [1.54, 1.807) is 0 Å². The number of rotatable bonds is 2. The molecule has 0 heterocycles. The fourth-order valence-electron chi connectivity index (χ4n) is 1.09. The molecule has 0 amide bonds. The molecule has 1 rings (SSSR count). The van der Waals surface area contributed by atoms with E-state index in [2.05, 4.69) is 6.07 Å². The number of nitrogens with zero attached hydrogens (tertiary/aromatic N) is 1. The molecule has 2 N–H and O–H groups in total. The van der Waals surface area contributed by atoms with Gasteiger partial charge in [-0.2, -0.15) is 5.26 Å². The van der Waals surface area contributed by atoms with Crippen molar-refractivity contribution in [3.8, 4) is 6.07 Å². The molecule has 0 saturated heterocycles. The van der Waals surface area contributed by atoms with Crippen molar-refractivity contribution < 1.29 is 0 Å². The van der Waals surface area contributed by atoms with Gasteiger partial charge < -0.3 is 5.73 Å². The average molecular weight is 160 g/mol. The largest absolute Gasteiger partial charge is 0.328 e. The van der Waals surface area contributed by atoms with Gasteiger partial charge in [0.1, 0.15) is 0 Å². The third-order valence-corrected chi connectivity index (χ3v) is 1.64. The Kier molecular flexibility index (Phi) is 2.84. The smallest absolute Gasteiger partial charge is 0.0991 e. The third kappa shape index (κ3) is 2.37. The van der Waals surface area contributed by atoms with Gasteiger partial charge in [0.05, 0.1) is 11.6 Å². The summed E-state index contributed by atoms with van der Waals surface area (Å²) in [6, 6.07) is 9.78. The average Bonchev–Trinajstić information content (AvgIpc) is 2.05. The van der Waals surface area contributed by atoms with Crippen molar-refractivity contribution in [2.45, 2.75) is 19.4 Å². The predicted octanol–water partition coefficient (Wildman–Crippen LogP) is 1.45. The second-order valence-corrected chi connectivity index (χ2v) is 2.99. The lowest BCUT2D eigenvalue weighted by Gasteiger charge is -2.03. The van der Waals surface area contributed by atoms with Crippen molar-refractivity contribution in [1.82, 2.24) is 0 Å². The van der Waals surface area contributed by atoms with Crippen LogP contribution in [0.3, 0.4) is 0 Å². The first-order valence-corrected chi connectivity index (χ1v) is 3.97. The Morgan fingerprint density at radius 3 is 2.42 bits per heavy atom. The number of benzene rings is 1. The van der Waals surface area contributed by atoms with E-state index in [0.29, 0.717) is 5.56 Å². The maximum absolute atomic E-state index is 8.54. The Morgan fingerprint density at radius 1 is 1.42 bits per heavy atom. The molecule has 62 valence electrons. The molecule has 0 unspecified atom stereocenters. The van der Waals surface area contributed by atoms with Crippen molar-refractivity contribution in [2.24, 2.45) is 5.73 Å². The molecule has 0 aliphatic rings. The highest BCUT2D eigenvalue weighted by Crippen LogP contribution is 2.04. The zero-order valence-electron chi connectivity index (χ0n) is 7.12. The third-order valence-electron chi connectivity index (χ3n) is 1.64. The minimum Gasteiger partial charge on any atom is -0.328 e. The zero-order chi connectivity index (χ0) is 8.97. The van der Waals surface area contributed by atoms with Crippen molar-refractivity contribution in [3.63, 3.8) is 0 Å². The summed E-state index contributed by atoms with van der Waals surface area (Å²) in [6.45, 7) is 1.97. The van der Waals surface area contributed by atoms with Gasteiger partial charge in [0, 0.05) is 6.04 Å². The molecule has 0 bridgehead atoms. The van der Waals surface area contributed by atoms with Crippen molar-refractivity contribution in [1.29, 1.82) is 5.26 Å². The van der Waals surface area contributed by atoms with E-state index in [0.717, 1.165) is 6.42 Å². The molecule has 1 aromatic rings. The summed E-state index contributed by atoms with van der Waals surface area (Å²) in [5, 5.41) is 8.54. The maximum atomic E-state index is 8.54. The lowest BCUT2D eigenvalue weighted by atomic mass is 10.1. The molecule has 1 aromatic carbocycles. The molecule has 0 fully saturated rings. The van der Waals surface area contributed by atoms with Gasteiger partial charge >= 0.3 is 0 Å². The van der Waals surface area contributed by atoms with Gasteiger partial charge in [-0.25, -0.2) is 0 Å². The van der Waals surface area contributed by atoms with Crippen LogP contribution in [0.2, 0.25) is 0 Å². The second kappa shape index (κ2) is 3.89. The molecule has 0 saturated carbocycles. The summed E-state index contributed by atoms with van der Waals surface area (Å²) in [5.41, 5.74) is 7.51. The lowest BCUT2D eigenvalue weighted by molar-refractivity contribution is 0.738. The van der Waals surface area contributed by atoms with E-state index in [1.807, 2.05) is 31.2 Å². The number of nitriles is 1. The van der Waals surface area contributed by atoms with Crippen molar-refractivity contribution >= 4 is 0 Å². The topological polar surface area (TPSA) is 49.8 Å². The summed E-state index contributed by atoms with van der Waals surface area (Å²) >= 11 is 0. The van der Waals surface area contributed by atoms with Crippen molar-refractivity contribution in [3.05, 3.63) is 35.4 Å². The van der Waals surface area contributed by atoms with Crippen molar-refractivity contribution in [2.75, 3.05) is 0 Å². The highest BCUT2D eigenvalue weighted by molar-refractivity contribution is 5.31. The summed E-state index contributed by atoms with van der Waals surface area (Å²) in [4.78, 5) is 0. The fourth-order valence-corrected chi connectivity index (χ4v) is 1.09. The van der Waals surface area contributed by atoms with E-state index in [1.165, 1.54) is 5.56 Å². The first-order chi connectivity index (χ1) is 5.72. The molecule has 0 spiro atoms. The Hall–Kier alpha value is -1.33. The van der Waals surface area contributed by atoms with Crippen LogP contribution < -0.4 is 5.73 Å². The van der Waals surface area contributed by atoms with Crippen LogP contribution in [0.25, 0.3) is 0 Å². The standard InChI is InChI=1S/C10H12N2/c1-8(12)6-9-2-4-10(7-11)5-3-9/h2-5,8H,6,12H2,1H3/t8-/m0/s1. The summed E-state index contributed by atoms with van der Waals surface area (Å²) in [6.07, 6.45) is 0.867. The van der Waals surface area contributed by atoms with Gasteiger partial charge in [0.2, 0.25) is 0 Å². The van der Waals surface area contributed by atoms with Gasteiger partial charge in [0.25, 0.3) is 0 Å². The van der Waals surface area contributed by atoms with Gasteiger partial charge in [0.15, 0.2) is 0 Å². The maximum Gasteiger partial charge on any atom is 0.0991 e. The molecular formula is C10H12N2. The molecule has 0 aliphatic carbocycles. The molecule has 0 aromatic heterocycles. The monoisotopic (exact) mass is 160 g/mol. The van der Waals surface area contributed by atoms with E-state index in [4.69, 9.17) is 11.0 Å². The first kappa shape index (κ1) is 8.76. The summed E-state index contributed by atoms with van der Waals surface area (Å²) in [5.74, 6) is 0. The molecule has 0 aliphatic heterocycles. The van der Waals surface area contributed by atoms with Gasteiger partial charge in [-0.15, -0.1) is 0 Å². The van der Waals surface area contributed by atoms with Crippen LogP contribution in [-0.2, 0) is 6.42 Å². The van der Waals surface area contributed by atoms with Crippen LogP contribution >= 0.6 is 0 Å². The Bertz CT molecular complexity index is 280. The van der Waals surface area contributed by atoms with Crippen LogP contribution in [0, 0.1) is 11.3 Å². The predicted molar refractivity (Wildman–Crippen MR) is 48.5 cm³/mol. The number of hydrogen-bond donors (Lipinski definition) is 1. The SMILES string of the molecule is C[C@H](N)Cc1ccc(C#N)cc1. The molecular weight excluding hydrogens is 148 g/mol.